The van der Waals surface area contributed by atoms with Crippen LogP contribution in [-0.4, -0.2) is 37.6 Å². The molecule has 1 saturated carbocycles. The van der Waals surface area contributed by atoms with E-state index in [4.69, 9.17) is 13.9 Å². The fourth-order valence-electron chi connectivity index (χ4n) is 6.73. The summed E-state index contributed by atoms with van der Waals surface area (Å²) in [5, 5.41) is 12.0. The van der Waals surface area contributed by atoms with Crippen LogP contribution in [0.4, 0.5) is 0 Å². The Morgan fingerprint density at radius 2 is 1.71 bits per heavy atom. The average Bonchev–Trinajstić information content (AvgIpc) is 2.98. The Morgan fingerprint density at radius 1 is 1.05 bits per heavy atom. The number of hydrogen-bond donors (Lipinski definition) is 1. The minimum Gasteiger partial charge on any atom is -0.481 e. The van der Waals surface area contributed by atoms with Gasteiger partial charge in [-0.05, 0) is 65.9 Å². The van der Waals surface area contributed by atoms with Crippen LogP contribution in [0.15, 0.2) is 42.6 Å². The largest absolute Gasteiger partial charge is 0.481 e. The van der Waals surface area contributed by atoms with Gasteiger partial charge in [-0.15, -0.1) is 0 Å². The molecule has 0 spiro atoms. The lowest BCUT2D eigenvalue weighted by Crippen LogP contribution is -2.44. The lowest BCUT2D eigenvalue weighted by molar-refractivity contribution is -0.162. The molecule has 1 aromatic carbocycles. The van der Waals surface area contributed by atoms with E-state index in [-0.39, 0.29) is 29.8 Å². The molecule has 1 aromatic heterocycles. The summed E-state index contributed by atoms with van der Waals surface area (Å²) < 4.78 is 18.5. The Bertz CT molecular complexity index is 1110. The second-order valence-electron chi connectivity index (χ2n) is 12.6. The highest BCUT2D eigenvalue weighted by Gasteiger charge is 2.43. The average molecular weight is 584 g/mol. The summed E-state index contributed by atoms with van der Waals surface area (Å²) in [6, 6.07) is 15.4. The Kier molecular flexibility index (Phi) is 11.6. The van der Waals surface area contributed by atoms with Gasteiger partial charge in [0.1, 0.15) is 11.7 Å². The van der Waals surface area contributed by atoms with Crippen molar-refractivity contribution < 1.29 is 23.8 Å². The van der Waals surface area contributed by atoms with E-state index in [1.54, 1.807) is 19.4 Å². The number of nitrogens with zero attached hydrogens (tertiary/aromatic N) is 1. The zero-order valence-electron chi connectivity index (χ0n) is 26.7. The first-order valence-corrected chi connectivity index (χ1v) is 18.2. The predicted octanol–water partition coefficient (Wildman–Crippen LogP) is 7.93. The second kappa shape index (κ2) is 14.3. The SMILES string of the molecule is CC[C@@](O)(CC(=O)O[C@@H]1C[C@H](C)CC[C@H]1C(C)(C)c1ccccc1)c1ccnc(OC)c1CO[Si](CC)(CC)CC. The van der Waals surface area contributed by atoms with Gasteiger partial charge in [-0.1, -0.05) is 85.2 Å². The van der Waals surface area contributed by atoms with Crippen molar-refractivity contribution in [3.8, 4) is 5.88 Å². The summed E-state index contributed by atoms with van der Waals surface area (Å²) in [4.78, 5) is 18.1. The third kappa shape index (κ3) is 7.60. The highest BCUT2D eigenvalue weighted by atomic mass is 28.4. The molecule has 0 bridgehead atoms. The summed E-state index contributed by atoms with van der Waals surface area (Å²) in [7, 11) is -0.325. The molecular weight excluding hydrogens is 530 g/mol. The van der Waals surface area contributed by atoms with Gasteiger partial charge in [0.15, 0.2) is 8.32 Å². The summed E-state index contributed by atoms with van der Waals surface area (Å²) in [5.41, 5.74) is 1.03. The second-order valence-corrected chi connectivity index (χ2v) is 17.4. The number of benzene rings is 1. The molecule has 6 nitrogen and oxygen atoms in total. The van der Waals surface area contributed by atoms with Gasteiger partial charge in [0.05, 0.1) is 20.1 Å². The minimum absolute atomic E-state index is 0.134. The van der Waals surface area contributed by atoms with Crippen LogP contribution in [0.25, 0.3) is 0 Å². The van der Waals surface area contributed by atoms with Gasteiger partial charge in [0, 0.05) is 17.7 Å². The zero-order chi connectivity index (χ0) is 30.3. The smallest absolute Gasteiger partial charge is 0.309 e. The van der Waals surface area contributed by atoms with E-state index >= 15 is 0 Å². The molecule has 4 atom stereocenters. The number of methoxy groups -OCH3 is 1. The van der Waals surface area contributed by atoms with Crippen LogP contribution in [0.1, 0.15) is 97.3 Å². The van der Waals surface area contributed by atoms with Gasteiger partial charge in [-0.2, -0.15) is 0 Å². The van der Waals surface area contributed by atoms with E-state index in [1.165, 1.54) is 5.56 Å². The monoisotopic (exact) mass is 583 g/mol. The third-order valence-electron chi connectivity index (χ3n) is 9.97. The number of esters is 1. The molecule has 0 unspecified atom stereocenters. The van der Waals surface area contributed by atoms with E-state index < -0.39 is 13.9 Å². The minimum atomic E-state index is -1.91. The molecular formula is C34H53NO5Si. The van der Waals surface area contributed by atoms with Crippen molar-refractivity contribution in [1.29, 1.82) is 0 Å². The molecule has 1 fully saturated rings. The molecule has 1 heterocycles. The maximum Gasteiger partial charge on any atom is 0.309 e. The number of pyridine rings is 1. The van der Waals surface area contributed by atoms with E-state index in [2.05, 4.69) is 70.8 Å². The van der Waals surface area contributed by atoms with Gasteiger partial charge in [-0.25, -0.2) is 4.98 Å². The van der Waals surface area contributed by atoms with Gasteiger partial charge in [0.2, 0.25) is 5.88 Å². The summed E-state index contributed by atoms with van der Waals surface area (Å²) in [6.45, 7) is 15.5. The van der Waals surface area contributed by atoms with Gasteiger partial charge >= 0.3 is 5.97 Å². The topological polar surface area (TPSA) is 77.9 Å². The highest BCUT2D eigenvalue weighted by Crippen LogP contribution is 2.44. The van der Waals surface area contributed by atoms with Gasteiger partial charge < -0.3 is 19.0 Å². The lowest BCUT2D eigenvalue weighted by Gasteiger charge is -2.44. The first-order valence-electron chi connectivity index (χ1n) is 15.6. The highest BCUT2D eigenvalue weighted by molar-refractivity contribution is 6.73. The lowest BCUT2D eigenvalue weighted by atomic mass is 9.64. The van der Waals surface area contributed by atoms with Crippen LogP contribution in [0.5, 0.6) is 5.88 Å². The summed E-state index contributed by atoms with van der Waals surface area (Å²) in [5.74, 6) is 0.734. The zero-order valence-corrected chi connectivity index (χ0v) is 27.7. The van der Waals surface area contributed by atoms with Crippen molar-refractivity contribution in [3.63, 3.8) is 0 Å². The normalized spacial score (nSPS) is 21.2. The molecule has 228 valence electrons. The fraction of sp³-hybridized carbons (Fsp3) is 0.647. The molecule has 1 N–H and O–H groups in total. The molecule has 1 aliphatic carbocycles. The van der Waals surface area contributed by atoms with Crippen molar-refractivity contribution in [1.82, 2.24) is 4.98 Å². The first kappa shape index (κ1) is 33.3. The van der Waals surface area contributed by atoms with Crippen molar-refractivity contribution in [2.75, 3.05) is 7.11 Å². The van der Waals surface area contributed by atoms with E-state index in [0.29, 0.717) is 36.0 Å². The standard InChI is InChI=1S/C34H53NO5Si/c1-9-34(37,28-20-21-35-32(38-8)27(28)24-39-41(10-2,11-3)12-4)23-31(36)40-30-22-25(5)18-19-29(30)33(6,7)26-16-14-13-15-17-26/h13-17,20-21,25,29-30,37H,9-12,18-19,22-24H2,1-8H3/t25-,29-,30-,34-/m1/s1. The van der Waals surface area contributed by atoms with Crippen molar-refractivity contribution >= 4 is 14.3 Å². The molecule has 0 radical (unpaired) electrons. The van der Waals surface area contributed by atoms with Crippen LogP contribution in [0, 0.1) is 11.8 Å². The van der Waals surface area contributed by atoms with Crippen molar-refractivity contribution in [2.45, 2.75) is 122 Å². The Labute approximate surface area is 249 Å². The third-order valence-corrected chi connectivity index (χ3v) is 14.6. The maximum absolute atomic E-state index is 13.6. The van der Waals surface area contributed by atoms with Crippen LogP contribution in [0.3, 0.4) is 0 Å². The maximum atomic E-state index is 13.6. The first-order chi connectivity index (χ1) is 19.5. The molecule has 0 amide bonds. The molecule has 2 aromatic rings. The number of rotatable bonds is 14. The molecule has 7 heteroatoms. The predicted molar refractivity (Wildman–Crippen MR) is 167 cm³/mol. The molecule has 3 rings (SSSR count). The van der Waals surface area contributed by atoms with Crippen molar-refractivity contribution in [2.24, 2.45) is 11.8 Å². The number of aromatic nitrogens is 1. The quantitative estimate of drug-likeness (QED) is 0.180. The van der Waals surface area contributed by atoms with E-state index in [0.717, 1.165) is 37.4 Å². The van der Waals surface area contributed by atoms with Crippen LogP contribution in [-0.2, 0) is 31.6 Å². The van der Waals surface area contributed by atoms with Crippen LogP contribution >= 0.6 is 0 Å². The Morgan fingerprint density at radius 3 is 2.29 bits per heavy atom. The molecule has 41 heavy (non-hydrogen) atoms. The van der Waals surface area contributed by atoms with Crippen LogP contribution < -0.4 is 4.74 Å². The van der Waals surface area contributed by atoms with Gasteiger partial charge in [-0.3, -0.25) is 4.79 Å². The number of hydrogen-bond acceptors (Lipinski definition) is 6. The van der Waals surface area contributed by atoms with Gasteiger partial charge in [0.25, 0.3) is 0 Å². The van der Waals surface area contributed by atoms with Crippen molar-refractivity contribution in [3.05, 3.63) is 59.3 Å². The molecule has 0 aliphatic heterocycles. The van der Waals surface area contributed by atoms with E-state index in [9.17, 15) is 9.90 Å². The molecule has 0 saturated heterocycles. The summed E-state index contributed by atoms with van der Waals surface area (Å²) >= 11 is 0. The number of carbonyl (C=O) groups excluding carboxylic acids is 1. The number of carbonyl (C=O) groups is 1. The van der Waals surface area contributed by atoms with Crippen LogP contribution in [0.2, 0.25) is 18.1 Å². The van der Waals surface area contributed by atoms with E-state index in [1.807, 2.05) is 13.0 Å². The molecule has 1 aliphatic rings. The Balaban J connectivity index is 1.87. The summed E-state index contributed by atoms with van der Waals surface area (Å²) in [6.07, 6.45) is 4.59. The Hall–Kier alpha value is -2.22. The number of aliphatic hydroxyl groups is 1. The number of ether oxygens (including phenoxy) is 2. The fourth-order valence-corrected chi connectivity index (χ4v) is 9.30.